The number of sulfonamides is 1. The van der Waals surface area contributed by atoms with Crippen LogP contribution in [-0.4, -0.2) is 44.2 Å². The Morgan fingerprint density at radius 2 is 1.70 bits per heavy atom. The van der Waals surface area contributed by atoms with Crippen molar-refractivity contribution in [3.8, 4) is 0 Å². The molecule has 0 saturated carbocycles. The van der Waals surface area contributed by atoms with Gasteiger partial charge in [-0.05, 0) is 35.2 Å². The van der Waals surface area contributed by atoms with Crippen LogP contribution in [0.4, 0.5) is 0 Å². The fraction of sp³-hybridized carbons (Fsp3) is 0.250. The summed E-state index contributed by atoms with van der Waals surface area (Å²) in [6.45, 7) is 3.95. The molecule has 33 heavy (non-hydrogen) atoms. The number of carbonyl (C=O) groups excluding carboxylic acids is 2. The molecule has 2 amide bonds. The maximum atomic E-state index is 12.7. The Hall–Kier alpha value is -3.01. The van der Waals surface area contributed by atoms with Crippen molar-refractivity contribution >= 4 is 33.2 Å². The summed E-state index contributed by atoms with van der Waals surface area (Å²) in [5.41, 5.74) is 1.11. The van der Waals surface area contributed by atoms with E-state index in [1.807, 2.05) is 47.8 Å². The molecule has 0 unspecified atom stereocenters. The van der Waals surface area contributed by atoms with E-state index in [4.69, 9.17) is 0 Å². The highest BCUT2D eigenvalue weighted by atomic mass is 32.2. The Morgan fingerprint density at radius 3 is 2.33 bits per heavy atom. The van der Waals surface area contributed by atoms with E-state index < -0.39 is 15.9 Å². The molecule has 2 aromatic carbocycles. The monoisotopic (exact) mass is 485 g/mol. The minimum atomic E-state index is -3.68. The van der Waals surface area contributed by atoms with E-state index in [9.17, 15) is 18.0 Å². The zero-order chi connectivity index (χ0) is 23.8. The Morgan fingerprint density at radius 1 is 0.970 bits per heavy atom. The number of nitrogens with zero attached hydrogens (tertiary/aromatic N) is 1. The lowest BCUT2D eigenvalue weighted by Gasteiger charge is -2.19. The summed E-state index contributed by atoms with van der Waals surface area (Å²) in [5, 5.41) is 7.49. The molecule has 1 heterocycles. The quantitative estimate of drug-likeness (QED) is 0.460. The normalized spacial score (nSPS) is 12.3. The first-order valence-corrected chi connectivity index (χ1v) is 12.9. The zero-order valence-electron chi connectivity index (χ0n) is 18.5. The number of carbonyl (C=O) groups is 2. The van der Waals surface area contributed by atoms with E-state index in [0.29, 0.717) is 13.1 Å². The number of amides is 2. The number of nitrogens with one attached hydrogen (secondary N) is 2. The highest BCUT2D eigenvalue weighted by molar-refractivity contribution is 7.89. The lowest BCUT2D eigenvalue weighted by atomic mass is 10.1. The number of hydrogen-bond acceptors (Lipinski definition) is 5. The van der Waals surface area contributed by atoms with Crippen molar-refractivity contribution in [1.82, 2.24) is 14.9 Å². The Bertz CT molecular complexity index is 1180. The molecule has 0 aliphatic heterocycles. The molecule has 0 aliphatic rings. The molecule has 7 nitrogen and oxygen atoms in total. The first-order chi connectivity index (χ1) is 15.9. The van der Waals surface area contributed by atoms with Gasteiger partial charge in [0.05, 0.1) is 17.5 Å². The van der Waals surface area contributed by atoms with Crippen molar-refractivity contribution in [2.24, 2.45) is 0 Å². The molecule has 174 valence electrons. The van der Waals surface area contributed by atoms with Crippen molar-refractivity contribution in [2.75, 3.05) is 19.6 Å². The third-order valence-corrected chi connectivity index (χ3v) is 8.10. The molecule has 3 aromatic rings. The van der Waals surface area contributed by atoms with Crippen LogP contribution in [0.5, 0.6) is 0 Å². The SMILES string of the molecule is CCN(CC)S(=O)(=O)c1cccc(C(=O)NCC(=O)N[C@H](c2ccccc2)c2cccs2)c1. The molecule has 9 heteroatoms. The smallest absolute Gasteiger partial charge is 0.251 e. The van der Waals surface area contributed by atoms with E-state index in [-0.39, 0.29) is 29.0 Å². The summed E-state index contributed by atoms with van der Waals surface area (Å²) >= 11 is 1.54. The van der Waals surface area contributed by atoms with Crippen LogP contribution in [0, 0.1) is 0 Å². The average Bonchev–Trinajstić information content (AvgIpc) is 3.37. The van der Waals surface area contributed by atoms with Gasteiger partial charge < -0.3 is 10.6 Å². The van der Waals surface area contributed by atoms with Gasteiger partial charge in [0.25, 0.3) is 5.91 Å². The van der Waals surface area contributed by atoms with Gasteiger partial charge in [0, 0.05) is 23.5 Å². The molecular formula is C24H27N3O4S2. The number of hydrogen-bond donors (Lipinski definition) is 2. The van der Waals surface area contributed by atoms with Gasteiger partial charge in [-0.3, -0.25) is 9.59 Å². The second-order valence-corrected chi connectivity index (χ2v) is 10.1. The molecule has 0 fully saturated rings. The van der Waals surface area contributed by atoms with Crippen molar-refractivity contribution in [3.63, 3.8) is 0 Å². The second kappa shape index (κ2) is 11.2. The van der Waals surface area contributed by atoms with E-state index >= 15 is 0 Å². The van der Waals surface area contributed by atoms with Crippen LogP contribution in [0.1, 0.15) is 40.7 Å². The van der Waals surface area contributed by atoms with Crippen molar-refractivity contribution in [3.05, 3.63) is 88.1 Å². The van der Waals surface area contributed by atoms with Gasteiger partial charge in [0.2, 0.25) is 15.9 Å². The number of benzene rings is 2. The van der Waals surface area contributed by atoms with Gasteiger partial charge in [-0.2, -0.15) is 4.31 Å². The molecule has 3 rings (SSSR count). The van der Waals surface area contributed by atoms with Gasteiger partial charge in [-0.15, -0.1) is 11.3 Å². The third kappa shape index (κ3) is 6.07. The number of rotatable bonds is 10. The number of thiophene rings is 1. The molecule has 2 N–H and O–H groups in total. The lowest BCUT2D eigenvalue weighted by Crippen LogP contribution is -2.39. The summed E-state index contributed by atoms with van der Waals surface area (Å²) in [7, 11) is -3.68. The van der Waals surface area contributed by atoms with Crippen molar-refractivity contribution in [2.45, 2.75) is 24.8 Å². The largest absolute Gasteiger partial charge is 0.343 e. The molecule has 1 atom stereocenters. The fourth-order valence-electron chi connectivity index (χ4n) is 3.40. The molecule has 0 saturated heterocycles. The van der Waals surface area contributed by atoms with Gasteiger partial charge in [0.15, 0.2) is 0 Å². The van der Waals surface area contributed by atoms with Crippen molar-refractivity contribution < 1.29 is 18.0 Å². The van der Waals surface area contributed by atoms with Crippen LogP contribution >= 0.6 is 11.3 Å². The molecule has 0 spiro atoms. The third-order valence-electron chi connectivity index (χ3n) is 5.11. The average molecular weight is 486 g/mol. The van der Waals surface area contributed by atoms with Gasteiger partial charge >= 0.3 is 0 Å². The van der Waals surface area contributed by atoms with Crippen LogP contribution < -0.4 is 10.6 Å². The van der Waals surface area contributed by atoms with Crippen LogP contribution in [0.3, 0.4) is 0 Å². The Kier molecular flexibility index (Phi) is 8.37. The minimum Gasteiger partial charge on any atom is -0.343 e. The van der Waals surface area contributed by atoms with E-state index in [0.717, 1.165) is 10.4 Å². The molecule has 0 radical (unpaired) electrons. The van der Waals surface area contributed by atoms with Crippen molar-refractivity contribution in [1.29, 1.82) is 0 Å². The lowest BCUT2D eigenvalue weighted by molar-refractivity contribution is -0.120. The topological polar surface area (TPSA) is 95.6 Å². The summed E-state index contributed by atoms with van der Waals surface area (Å²) in [6, 6.07) is 19.0. The molecule has 1 aromatic heterocycles. The predicted octanol–water partition coefficient (Wildman–Crippen LogP) is 3.41. The zero-order valence-corrected chi connectivity index (χ0v) is 20.2. The fourth-order valence-corrected chi connectivity index (χ4v) is 5.71. The predicted molar refractivity (Wildman–Crippen MR) is 130 cm³/mol. The highest BCUT2D eigenvalue weighted by Crippen LogP contribution is 2.25. The van der Waals surface area contributed by atoms with Crippen LogP contribution in [0.2, 0.25) is 0 Å². The van der Waals surface area contributed by atoms with Crippen LogP contribution in [0.15, 0.2) is 77.0 Å². The van der Waals surface area contributed by atoms with Crippen LogP contribution in [-0.2, 0) is 14.8 Å². The Labute approximate surface area is 198 Å². The summed E-state index contributed by atoms with van der Waals surface area (Å²) in [5.74, 6) is -0.869. The Balaban J connectivity index is 1.67. The van der Waals surface area contributed by atoms with Crippen LogP contribution in [0.25, 0.3) is 0 Å². The second-order valence-electron chi connectivity index (χ2n) is 7.23. The van der Waals surface area contributed by atoms with Gasteiger partial charge in [0.1, 0.15) is 0 Å². The highest BCUT2D eigenvalue weighted by Gasteiger charge is 2.23. The first-order valence-electron chi connectivity index (χ1n) is 10.6. The first kappa shape index (κ1) is 24.6. The molecule has 0 aliphatic carbocycles. The van der Waals surface area contributed by atoms with E-state index in [1.54, 1.807) is 13.8 Å². The van der Waals surface area contributed by atoms with E-state index in [2.05, 4.69) is 10.6 Å². The summed E-state index contributed by atoms with van der Waals surface area (Å²) in [6.07, 6.45) is 0. The summed E-state index contributed by atoms with van der Waals surface area (Å²) in [4.78, 5) is 26.3. The van der Waals surface area contributed by atoms with E-state index in [1.165, 1.54) is 39.9 Å². The standard InChI is InChI=1S/C24H27N3O4S2/c1-3-27(4-2)33(30,31)20-13-8-12-19(16-20)24(29)25-17-22(28)26-23(21-14-9-15-32-21)18-10-6-5-7-11-18/h5-16,23H,3-4,17H2,1-2H3,(H,25,29)(H,26,28)/t23-/m1/s1. The molecular weight excluding hydrogens is 458 g/mol. The maximum absolute atomic E-state index is 12.7. The maximum Gasteiger partial charge on any atom is 0.251 e. The molecule has 0 bridgehead atoms. The van der Waals surface area contributed by atoms with Gasteiger partial charge in [-0.25, -0.2) is 8.42 Å². The van der Waals surface area contributed by atoms with Gasteiger partial charge in [-0.1, -0.05) is 56.3 Å². The summed E-state index contributed by atoms with van der Waals surface area (Å²) < 4.78 is 26.8. The minimum absolute atomic E-state index is 0.0464.